The molecule has 144 valence electrons. The Labute approximate surface area is 156 Å². The zero-order chi connectivity index (χ0) is 18.6. The van der Waals surface area contributed by atoms with Crippen LogP contribution < -0.4 is 4.72 Å². The monoisotopic (exact) mass is 379 g/mol. The van der Waals surface area contributed by atoms with Crippen molar-refractivity contribution in [1.29, 1.82) is 0 Å². The second-order valence-corrected chi connectivity index (χ2v) is 9.18. The average Bonchev–Trinajstić information content (AvgIpc) is 2.64. The Morgan fingerprint density at radius 1 is 1.04 bits per heavy atom. The Hall–Kier alpha value is -1.44. The number of amides is 1. The van der Waals surface area contributed by atoms with Gasteiger partial charge in [-0.25, -0.2) is 13.1 Å². The first-order chi connectivity index (χ1) is 12.4. The van der Waals surface area contributed by atoms with Crippen molar-refractivity contribution in [3.8, 4) is 0 Å². The van der Waals surface area contributed by atoms with E-state index >= 15 is 0 Å². The molecular weight excluding hydrogens is 350 g/mol. The zero-order valence-electron chi connectivity index (χ0n) is 15.4. The van der Waals surface area contributed by atoms with Gasteiger partial charge in [-0.05, 0) is 37.7 Å². The normalized spacial score (nSPS) is 21.5. The van der Waals surface area contributed by atoms with Crippen molar-refractivity contribution in [2.24, 2.45) is 0 Å². The SMILES string of the molecule is CS(=O)(=O)NC1CCN(C(C(=O)N2CCCCC2)c2ccccc2)CC1. The summed E-state index contributed by atoms with van der Waals surface area (Å²) < 4.78 is 25.6. The van der Waals surface area contributed by atoms with Gasteiger partial charge in [0.25, 0.3) is 0 Å². The van der Waals surface area contributed by atoms with Crippen LogP contribution in [0, 0.1) is 0 Å². The summed E-state index contributed by atoms with van der Waals surface area (Å²) in [6.45, 7) is 3.11. The van der Waals surface area contributed by atoms with Crippen LogP contribution in [0.25, 0.3) is 0 Å². The van der Waals surface area contributed by atoms with E-state index in [0.29, 0.717) is 13.1 Å². The fraction of sp³-hybridized carbons (Fsp3) is 0.632. The molecule has 6 nitrogen and oxygen atoms in total. The largest absolute Gasteiger partial charge is 0.341 e. The molecule has 0 aliphatic carbocycles. The predicted molar refractivity (Wildman–Crippen MR) is 102 cm³/mol. The van der Waals surface area contributed by atoms with Crippen LogP contribution in [-0.2, 0) is 14.8 Å². The number of benzene rings is 1. The molecular formula is C19H29N3O3S. The van der Waals surface area contributed by atoms with Gasteiger partial charge in [-0.3, -0.25) is 9.69 Å². The highest BCUT2D eigenvalue weighted by molar-refractivity contribution is 7.88. The van der Waals surface area contributed by atoms with E-state index < -0.39 is 10.0 Å². The average molecular weight is 380 g/mol. The highest BCUT2D eigenvalue weighted by Crippen LogP contribution is 2.28. The molecule has 7 heteroatoms. The van der Waals surface area contributed by atoms with Gasteiger partial charge in [-0.1, -0.05) is 30.3 Å². The molecule has 0 aromatic heterocycles. The summed E-state index contributed by atoms with van der Waals surface area (Å²) in [7, 11) is -3.19. The molecule has 0 bridgehead atoms. The second-order valence-electron chi connectivity index (χ2n) is 7.40. The first kappa shape index (κ1) is 19.3. The Morgan fingerprint density at radius 3 is 2.23 bits per heavy atom. The Bertz CT molecular complexity index is 694. The quantitative estimate of drug-likeness (QED) is 0.846. The van der Waals surface area contributed by atoms with E-state index in [1.807, 2.05) is 35.2 Å². The molecule has 2 heterocycles. The molecule has 2 saturated heterocycles. The van der Waals surface area contributed by atoms with Gasteiger partial charge >= 0.3 is 0 Å². The fourth-order valence-electron chi connectivity index (χ4n) is 4.01. The first-order valence-corrected chi connectivity index (χ1v) is 11.4. The minimum atomic E-state index is -3.19. The van der Waals surface area contributed by atoms with Crippen LogP contribution >= 0.6 is 0 Å². The summed E-state index contributed by atoms with van der Waals surface area (Å²) in [6.07, 6.45) is 6.00. The predicted octanol–water partition coefficient (Wildman–Crippen LogP) is 1.75. The van der Waals surface area contributed by atoms with Crippen LogP contribution in [0.1, 0.15) is 43.7 Å². The minimum absolute atomic E-state index is 0.0391. The highest BCUT2D eigenvalue weighted by atomic mass is 32.2. The second kappa shape index (κ2) is 8.50. The van der Waals surface area contributed by atoms with Crippen LogP contribution in [-0.4, -0.2) is 62.6 Å². The van der Waals surface area contributed by atoms with Gasteiger partial charge in [0.05, 0.1) is 6.26 Å². The lowest BCUT2D eigenvalue weighted by atomic mass is 9.98. The van der Waals surface area contributed by atoms with Gasteiger partial charge in [-0.2, -0.15) is 0 Å². The fourth-order valence-corrected chi connectivity index (χ4v) is 4.85. The van der Waals surface area contributed by atoms with Gasteiger partial charge in [0.15, 0.2) is 0 Å². The third kappa shape index (κ3) is 5.05. The van der Waals surface area contributed by atoms with Crippen molar-refractivity contribution in [3.05, 3.63) is 35.9 Å². The van der Waals surface area contributed by atoms with E-state index in [2.05, 4.69) is 9.62 Å². The molecule has 1 aromatic rings. The summed E-state index contributed by atoms with van der Waals surface area (Å²) in [5.41, 5.74) is 1.03. The van der Waals surface area contributed by atoms with Crippen molar-refractivity contribution in [2.75, 3.05) is 32.4 Å². The van der Waals surface area contributed by atoms with Crippen molar-refractivity contribution in [3.63, 3.8) is 0 Å². The number of carbonyl (C=O) groups is 1. The number of hydrogen-bond acceptors (Lipinski definition) is 4. The van der Waals surface area contributed by atoms with Gasteiger partial charge in [0, 0.05) is 32.2 Å². The number of nitrogens with one attached hydrogen (secondary N) is 1. The smallest absolute Gasteiger partial charge is 0.244 e. The van der Waals surface area contributed by atoms with Crippen molar-refractivity contribution >= 4 is 15.9 Å². The van der Waals surface area contributed by atoms with E-state index in [0.717, 1.165) is 44.3 Å². The first-order valence-electron chi connectivity index (χ1n) is 9.49. The third-order valence-corrected chi connectivity index (χ3v) is 6.05. The van der Waals surface area contributed by atoms with Crippen LogP contribution in [0.4, 0.5) is 0 Å². The van der Waals surface area contributed by atoms with E-state index in [-0.39, 0.29) is 18.0 Å². The van der Waals surface area contributed by atoms with E-state index in [9.17, 15) is 13.2 Å². The molecule has 0 radical (unpaired) electrons. The van der Waals surface area contributed by atoms with Gasteiger partial charge in [0.1, 0.15) is 6.04 Å². The zero-order valence-corrected chi connectivity index (χ0v) is 16.2. The Kier molecular flexibility index (Phi) is 6.32. The molecule has 1 N–H and O–H groups in total. The number of likely N-dealkylation sites (tertiary alicyclic amines) is 2. The van der Waals surface area contributed by atoms with Crippen LogP contribution in [0.3, 0.4) is 0 Å². The van der Waals surface area contributed by atoms with Crippen molar-refractivity contribution in [1.82, 2.24) is 14.5 Å². The number of hydrogen-bond donors (Lipinski definition) is 1. The van der Waals surface area contributed by atoms with E-state index in [1.54, 1.807) is 0 Å². The number of carbonyl (C=O) groups excluding carboxylic acids is 1. The number of sulfonamides is 1. The Morgan fingerprint density at radius 2 is 1.65 bits per heavy atom. The maximum atomic E-state index is 13.3. The summed E-state index contributed by atoms with van der Waals surface area (Å²) in [6, 6.07) is 9.65. The minimum Gasteiger partial charge on any atom is -0.341 e. The lowest BCUT2D eigenvalue weighted by Gasteiger charge is -2.40. The molecule has 2 fully saturated rings. The molecule has 0 spiro atoms. The molecule has 2 aliphatic rings. The van der Waals surface area contributed by atoms with Crippen LogP contribution in [0.5, 0.6) is 0 Å². The lowest BCUT2D eigenvalue weighted by molar-refractivity contribution is -0.138. The number of piperidine rings is 2. The summed E-state index contributed by atoms with van der Waals surface area (Å²) in [5, 5.41) is 0. The van der Waals surface area contributed by atoms with Gasteiger partial charge in [0.2, 0.25) is 15.9 Å². The maximum Gasteiger partial charge on any atom is 0.244 e. The standard InChI is InChI=1S/C19H29N3O3S/c1-26(24,25)20-17-10-14-21(15-11-17)18(16-8-4-2-5-9-16)19(23)22-12-6-3-7-13-22/h2,4-5,8-9,17-18,20H,3,6-7,10-15H2,1H3. The number of rotatable bonds is 5. The maximum absolute atomic E-state index is 13.3. The Balaban J connectivity index is 1.73. The van der Waals surface area contributed by atoms with Crippen LogP contribution in [0.15, 0.2) is 30.3 Å². The summed E-state index contributed by atoms with van der Waals surface area (Å²) >= 11 is 0. The molecule has 0 saturated carbocycles. The van der Waals surface area contributed by atoms with E-state index in [4.69, 9.17) is 0 Å². The molecule has 26 heavy (non-hydrogen) atoms. The third-order valence-electron chi connectivity index (χ3n) is 5.29. The molecule has 1 atom stereocenters. The molecule has 1 aromatic carbocycles. The van der Waals surface area contributed by atoms with Crippen molar-refractivity contribution < 1.29 is 13.2 Å². The summed E-state index contributed by atoms with van der Waals surface area (Å²) in [4.78, 5) is 17.5. The van der Waals surface area contributed by atoms with E-state index in [1.165, 1.54) is 12.7 Å². The summed E-state index contributed by atoms with van der Waals surface area (Å²) in [5.74, 6) is 0.186. The van der Waals surface area contributed by atoms with Gasteiger partial charge < -0.3 is 4.90 Å². The van der Waals surface area contributed by atoms with Gasteiger partial charge in [-0.15, -0.1) is 0 Å². The van der Waals surface area contributed by atoms with Crippen LogP contribution in [0.2, 0.25) is 0 Å². The van der Waals surface area contributed by atoms with Crippen molar-refractivity contribution in [2.45, 2.75) is 44.2 Å². The topological polar surface area (TPSA) is 69.7 Å². The molecule has 1 amide bonds. The lowest BCUT2D eigenvalue weighted by Crippen LogP contribution is -2.50. The molecule has 2 aliphatic heterocycles. The number of nitrogens with zero attached hydrogens (tertiary/aromatic N) is 2. The molecule has 3 rings (SSSR count). The molecule has 1 unspecified atom stereocenters. The highest BCUT2D eigenvalue weighted by Gasteiger charge is 2.34.